The van der Waals surface area contributed by atoms with Crippen molar-refractivity contribution >= 4 is 11.8 Å². The molecule has 1 atom stereocenters. The Morgan fingerprint density at radius 3 is 2.72 bits per heavy atom. The van der Waals surface area contributed by atoms with Crippen molar-refractivity contribution in [3.8, 4) is 0 Å². The summed E-state index contributed by atoms with van der Waals surface area (Å²) in [6.45, 7) is 2.80. The summed E-state index contributed by atoms with van der Waals surface area (Å²) in [5.74, 6) is -0.601. The van der Waals surface area contributed by atoms with Gasteiger partial charge in [-0.25, -0.2) is 9.37 Å². The first-order valence-electron chi connectivity index (χ1n) is 8.13. The van der Waals surface area contributed by atoms with Crippen LogP contribution in [0.1, 0.15) is 28.2 Å². The summed E-state index contributed by atoms with van der Waals surface area (Å²) in [4.78, 5) is 34.1. The first-order valence-corrected chi connectivity index (χ1v) is 8.13. The topological polar surface area (TPSA) is 75.2 Å². The van der Waals surface area contributed by atoms with E-state index < -0.39 is 0 Å². The zero-order valence-electron chi connectivity index (χ0n) is 13.9. The van der Waals surface area contributed by atoms with E-state index >= 15 is 0 Å². The van der Waals surface area contributed by atoms with Gasteiger partial charge in [0.15, 0.2) is 0 Å². The van der Waals surface area contributed by atoms with Gasteiger partial charge in [0.2, 0.25) is 5.91 Å². The van der Waals surface area contributed by atoms with E-state index in [0.29, 0.717) is 19.5 Å². The minimum atomic E-state index is -0.328. The first kappa shape index (κ1) is 17.0. The van der Waals surface area contributed by atoms with Crippen molar-refractivity contribution in [1.29, 1.82) is 0 Å². The summed E-state index contributed by atoms with van der Waals surface area (Å²) in [5.41, 5.74) is 1.94. The van der Waals surface area contributed by atoms with Crippen molar-refractivity contribution in [3.05, 3.63) is 59.4 Å². The highest BCUT2D eigenvalue weighted by Gasteiger charge is 2.30. The van der Waals surface area contributed by atoms with E-state index in [0.717, 1.165) is 11.3 Å². The molecular formula is C18H19FN4O2. The second-order valence-electron chi connectivity index (χ2n) is 6.13. The molecule has 0 radical (unpaired) electrons. The van der Waals surface area contributed by atoms with Gasteiger partial charge in [-0.2, -0.15) is 0 Å². The number of nitrogens with zero attached hydrogens (tertiary/aromatic N) is 3. The molecule has 1 aromatic carbocycles. The van der Waals surface area contributed by atoms with Crippen LogP contribution in [0.5, 0.6) is 0 Å². The number of likely N-dealkylation sites (tertiary alicyclic amines) is 1. The van der Waals surface area contributed by atoms with E-state index in [1.807, 2.05) is 0 Å². The van der Waals surface area contributed by atoms with Gasteiger partial charge < -0.3 is 10.2 Å². The van der Waals surface area contributed by atoms with Crippen LogP contribution in [0.2, 0.25) is 0 Å². The highest BCUT2D eigenvalue weighted by atomic mass is 19.1. The monoisotopic (exact) mass is 342 g/mol. The number of halogens is 1. The lowest BCUT2D eigenvalue weighted by Gasteiger charge is -2.17. The van der Waals surface area contributed by atoms with Gasteiger partial charge in [0, 0.05) is 25.7 Å². The maximum absolute atomic E-state index is 12.9. The van der Waals surface area contributed by atoms with Crippen LogP contribution >= 0.6 is 0 Å². The Balaban J connectivity index is 1.52. The molecule has 1 fully saturated rings. The Kier molecular flexibility index (Phi) is 5.02. The summed E-state index contributed by atoms with van der Waals surface area (Å²) < 4.78 is 12.9. The molecule has 0 bridgehead atoms. The minimum Gasteiger partial charge on any atom is -0.346 e. The molecular weight excluding hydrogens is 323 g/mol. The van der Waals surface area contributed by atoms with Gasteiger partial charge in [-0.3, -0.25) is 14.6 Å². The fourth-order valence-electron chi connectivity index (χ4n) is 2.77. The lowest BCUT2D eigenvalue weighted by molar-refractivity contribution is -0.127. The largest absolute Gasteiger partial charge is 0.346 e. The lowest BCUT2D eigenvalue weighted by Crippen LogP contribution is -2.38. The maximum atomic E-state index is 12.9. The summed E-state index contributed by atoms with van der Waals surface area (Å²) in [5, 5.41) is 2.83. The van der Waals surface area contributed by atoms with E-state index in [1.165, 1.54) is 24.5 Å². The number of hydrogen-bond acceptors (Lipinski definition) is 4. The smallest absolute Gasteiger partial charge is 0.271 e. The molecule has 3 rings (SSSR count). The number of nitrogens with one attached hydrogen (secondary N) is 1. The van der Waals surface area contributed by atoms with E-state index in [2.05, 4.69) is 15.3 Å². The van der Waals surface area contributed by atoms with Crippen molar-refractivity contribution in [2.24, 2.45) is 0 Å². The molecule has 0 unspecified atom stereocenters. The van der Waals surface area contributed by atoms with Gasteiger partial charge >= 0.3 is 0 Å². The van der Waals surface area contributed by atoms with Crippen molar-refractivity contribution in [3.63, 3.8) is 0 Å². The van der Waals surface area contributed by atoms with Gasteiger partial charge in [-0.05, 0) is 31.0 Å². The zero-order valence-corrected chi connectivity index (χ0v) is 13.9. The van der Waals surface area contributed by atoms with Crippen molar-refractivity contribution in [2.45, 2.75) is 25.8 Å². The number of aryl methyl sites for hydroxylation is 1. The highest BCUT2D eigenvalue weighted by molar-refractivity contribution is 5.93. The third kappa shape index (κ3) is 4.37. The van der Waals surface area contributed by atoms with E-state index in [1.54, 1.807) is 24.0 Å². The van der Waals surface area contributed by atoms with E-state index in [9.17, 15) is 14.0 Å². The second-order valence-corrected chi connectivity index (χ2v) is 6.13. The van der Waals surface area contributed by atoms with Crippen LogP contribution in [0.15, 0.2) is 36.7 Å². The van der Waals surface area contributed by atoms with Crippen LogP contribution in [-0.2, 0) is 11.2 Å². The van der Waals surface area contributed by atoms with Gasteiger partial charge in [0.05, 0.1) is 17.9 Å². The average molecular weight is 342 g/mol. The summed E-state index contributed by atoms with van der Waals surface area (Å²) in [6, 6.07) is 6.01. The predicted molar refractivity (Wildman–Crippen MR) is 89.3 cm³/mol. The number of benzene rings is 1. The van der Waals surface area contributed by atoms with Crippen LogP contribution in [-0.4, -0.2) is 45.8 Å². The molecule has 25 heavy (non-hydrogen) atoms. The Hall–Kier alpha value is -2.83. The maximum Gasteiger partial charge on any atom is 0.271 e. The number of rotatable bonds is 5. The molecule has 1 saturated heterocycles. The van der Waals surface area contributed by atoms with Gasteiger partial charge in [-0.15, -0.1) is 0 Å². The second kappa shape index (κ2) is 7.38. The minimum absolute atomic E-state index is 0.00222. The number of carbonyl (C=O) groups excluding carboxylic acids is 2. The van der Waals surface area contributed by atoms with Gasteiger partial charge in [-0.1, -0.05) is 12.1 Å². The molecule has 1 aliphatic heterocycles. The third-order valence-electron chi connectivity index (χ3n) is 4.15. The fourth-order valence-corrected chi connectivity index (χ4v) is 2.77. The number of aromatic nitrogens is 2. The number of hydrogen-bond donors (Lipinski definition) is 1. The van der Waals surface area contributed by atoms with Gasteiger partial charge in [0.25, 0.3) is 5.91 Å². The Morgan fingerprint density at radius 2 is 2.04 bits per heavy atom. The Labute approximate surface area is 145 Å². The SMILES string of the molecule is Cc1cnc(C(=O)N[C@@H]2CC(=O)N(CCc3ccc(F)cc3)C2)cn1. The molecule has 6 nitrogen and oxygen atoms in total. The number of carbonyl (C=O) groups is 2. The normalized spacial score (nSPS) is 17.0. The fraction of sp³-hybridized carbons (Fsp3) is 0.333. The molecule has 0 aliphatic carbocycles. The molecule has 1 N–H and O–H groups in total. The van der Waals surface area contributed by atoms with Crippen LogP contribution in [0.25, 0.3) is 0 Å². The molecule has 0 saturated carbocycles. The Bertz CT molecular complexity index is 762. The summed E-state index contributed by atoms with van der Waals surface area (Å²) in [7, 11) is 0. The van der Waals surface area contributed by atoms with Crippen LogP contribution in [0.4, 0.5) is 4.39 Å². The molecule has 2 aromatic rings. The van der Waals surface area contributed by atoms with E-state index in [-0.39, 0.29) is 35.8 Å². The quantitative estimate of drug-likeness (QED) is 0.893. The standard InChI is InChI=1S/C18H19FN4O2/c1-12-9-21-16(10-20-12)18(25)22-15-8-17(24)23(11-15)7-6-13-2-4-14(19)5-3-13/h2-5,9-10,15H,6-8,11H2,1H3,(H,22,25)/t15-/m1/s1. The molecule has 130 valence electrons. The molecule has 7 heteroatoms. The predicted octanol–water partition coefficient (Wildman–Crippen LogP) is 1.50. The zero-order chi connectivity index (χ0) is 17.8. The molecule has 2 heterocycles. The van der Waals surface area contributed by atoms with E-state index in [4.69, 9.17) is 0 Å². The van der Waals surface area contributed by atoms with Crippen LogP contribution in [0.3, 0.4) is 0 Å². The third-order valence-corrected chi connectivity index (χ3v) is 4.15. The van der Waals surface area contributed by atoms with Crippen molar-refractivity contribution < 1.29 is 14.0 Å². The van der Waals surface area contributed by atoms with Crippen molar-refractivity contribution in [1.82, 2.24) is 20.2 Å². The highest BCUT2D eigenvalue weighted by Crippen LogP contribution is 2.13. The van der Waals surface area contributed by atoms with Crippen molar-refractivity contribution in [2.75, 3.05) is 13.1 Å². The van der Waals surface area contributed by atoms with Crippen LogP contribution < -0.4 is 5.32 Å². The molecule has 1 aliphatic rings. The Morgan fingerprint density at radius 1 is 1.28 bits per heavy atom. The summed E-state index contributed by atoms with van der Waals surface area (Å²) >= 11 is 0. The number of amides is 2. The molecule has 2 amide bonds. The first-order chi connectivity index (χ1) is 12.0. The summed E-state index contributed by atoms with van der Waals surface area (Å²) in [6.07, 6.45) is 3.88. The lowest BCUT2D eigenvalue weighted by atomic mass is 10.1. The van der Waals surface area contributed by atoms with Crippen LogP contribution in [0, 0.1) is 12.7 Å². The molecule has 1 aromatic heterocycles. The molecule has 0 spiro atoms. The van der Waals surface area contributed by atoms with Gasteiger partial charge in [0.1, 0.15) is 11.5 Å². The average Bonchev–Trinajstić information content (AvgIpc) is 2.94.